The Balaban J connectivity index is 2.37. The van der Waals surface area contributed by atoms with Gasteiger partial charge in [0.05, 0.1) is 5.02 Å². The molecule has 20 heavy (non-hydrogen) atoms. The maximum atomic E-state index is 10.3. The highest BCUT2D eigenvalue weighted by molar-refractivity contribution is 9.10. The van der Waals surface area contributed by atoms with Gasteiger partial charge in [0.15, 0.2) is 0 Å². The molecule has 0 saturated carbocycles. The summed E-state index contributed by atoms with van der Waals surface area (Å²) < 4.78 is 0.886. The number of benzene rings is 1. The van der Waals surface area contributed by atoms with Crippen LogP contribution in [0.4, 0.5) is 0 Å². The zero-order chi connectivity index (χ0) is 14.7. The van der Waals surface area contributed by atoms with E-state index in [0.29, 0.717) is 5.02 Å². The number of nitrogens with zero attached hydrogens (tertiary/aromatic N) is 1. The molecular formula is C15H20BrClN2O. The fraction of sp³-hybridized carbons (Fsp3) is 0.467. The number of nitrogens with one attached hydrogen (secondary N) is 1. The number of phenolic OH excluding ortho intramolecular Hbond substituents is 1. The van der Waals surface area contributed by atoms with Crippen molar-refractivity contribution in [3.8, 4) is 5.75 Å². The molecule has 3 nitrogen and oxygen atoms in total. The topological polar surface area (TPSA) is 35.5 Å². The largest absolute Gasteiger partial charge is 0.506 e. The number of piperazine rings is 1. The van der Waals surface area contributed by atoms with E-state index in [-0.39, 0.29) is 11.8 Å². The minimum atomic E-state index is 0.115. The fourth-order valence-electron chi connectivity index (χ4n) is 2.60. The van der Waals surface area contributed by atoms with Gasteiger partial charge in [0, 0.05) is 42.3 Å². The van der Waals surface area contributed by atoms with Crippen molar-refractivity contribution in [2.45, 2.75) is 19.4 Å². The van der Waals surface area contributed by atoms with Gasteiger partial charge in [-0.05, 0) is 25.5 Å². The van der Waals surface area contributed by atoms with Crippen molar-refractivity contribution in [1.82, 2.24) is 10.2 Å². The van der Waals surface area contributed by atoms with Crippen molar-refractivity contribution in [2.24, 2.45) is 0 Å². The van der Waals surface area contributed by atoms with Gasteiger partial charge in [-0.2, -0.15) is 0 Å². The highest BCUT2D eigenvalue weighted by Gasteiger charge is 2.25. The summed E-state index contributed by atoms with van der Waals surface area (Å²) in [5.41, 5.74) is 1.97. The van der Waals surface area contributed by atoms with Gasteiger partial charge < -0.3 is 10.4 Å². The molecule has 1 saturated heterocycles. The van der Waals surface area contributed by atoms with Gasteiger partial charge in [0.25, 0.3) is 0 Å². The second-order valence-corrected chi connectivity index (χ2v) is 6.61. The molecule has 1 fully saturated rings. The van der Waals surface area contributed by atoms with Crippen LogP contribution in [0.2, 0.25) is 5.02 Å². The van der Waals surface area contributed by atoms with E-state index in [2.05, 4.69) is 32.7 Å². The quantitative estimate of drug-likeness (QED) is 0.804. The Morgan fingerprint density at radius 3 is 2.75 bits per heavy atom. The van der Waals surface area contributed by atoms with Crippen molar-refractivity contribution in [3.63, 3.8) is 0 Å². The molecule has 110 valence electrons. The van der Waals surface area contributed by atoms with Crippen LogP contribution in [-0.2, 0) is 0 Å². The molecule has 1 atom stereocenters. The summed E-state index contributed by atoms with van der Waals surface area (Å²) >= 11 is 9.56. The van der Waals surface area contributed by atoms with Crippen molar-refractivity contribution < 1.29 is 5.11 Å². The van der Waals surface area contributed by atoms with E-state index in [9.17, 15) is 5.11 Å². The Kier molecular flexibility index (Phi) is 5.49. The molecule has 0 amide bonds. The van der Waals surface area contributed by atoms with Crippen molar-refractivity contribution in [2.75, 3.05) is 26.2 Å². The normalized spacial score (nSPS) is 17.9. The highest BCUT2D eigenvalue weighted by atomic mass is 79.9. The van der Waals surface area contributed by atoms with E-state index in [0.717, 1.165) is 48.2 Å². The SMILES string of the molecule is C=C(C)C[C@H](c1cc(Br)cc(Cl)c1O)N1CCNCC1. The number of aromatic hydroxyl groups is 1. The van der Waals surface area contributed by atoms with E-state index < -0.39 is 0 Å². The van der Waals surface area contributed by atoms with Gasteiger partial charge in [0.2, 0.25) is 0 Å². The molecule has 0 radical (unpaired) electrons. The summed E-state index contributed by atoms with van der Waals surface area (Å²) in [7, 11) is 0. The highest BCUT2D eigenvalue weighted by Crippen LogP contribution is 2.39. The maximum Gasteiger partial charge on any atom is 0.139 e. The molecular weight excluding hydrogens is 340 g/mol. The third-order valence-electron chi connectivity index (χ3n) is 3.55. The standard InChI is InChI=1S/C15H20BrClN2O/c1-10(2)7-14(19-5-3-18-4-6-19)12-8-11(16)9-13(17)15(12)20/h8-9,14,18,20H,1,3-7H2,2H3/t14-/m1/s1. The summed E-state index contributed by atoms with van der Waals surface area (Å²) in [6.07, 6.45) is 0.820. The van der Waals surface area contributed by atoms with Crippen molar-refractivity contribution >= 4 is 27.5 Å². The first-order valence-corrected chi connectivity index (χ1v) is 7.93. The van der Waals surface area contributed by atoms with E-state index >= 15 is 0 Å². The van der Waals surface area contributed by atoms with Crippen LogP contribution in [-0.4, -0.2) is 36.2 Å². The number of hydrogen-bond acceptors (Lipinski definition) is 3. The van der Waals surface area contributed by atoms with Gasteiger partial charge in [-0.1, -0.05) is 33.1 Å². The minimum Gasteiger partial charge on any atom is -0.506 e. The molecule has 0 aromatic heterocycles. The van der Waals surface area contributed by atoms with E-state index in [1.807, 2.05) is 13.0 Å². The van der Waals surface area contributed by atoms with Gasteiger partial charge in [-0.3, -0.25) is 4.90 Å². The molecule has 1 aromatic rings. The maximum absolute atomic E-state index is 10.3. The lowest BCUT2D eigenvalue weighted by atomic mass is 9.97. The predicted octanol–water partition coefficient (Wildman–Crippen LogP) is 3.72. The summed E-state index contributed by atoms with van der Waals surface area (Å²) in [6.45, 7) is 9.90. The van der Waals surface area contributed by atoms with Crippen LogP contribution in [0.15, 0.2) is 28.8 Å². The lowest BCUT2D eigenvalue weighted by Gasteiger charge is -2.36. The van der Waals surface area contributed by atoms with Gasteiger partial charge in [0.1, 0.15) is 5.75 Å². The van der Waals surface area contributed by atoms with Gasteiger partial charge in [-0.15, -0.1) is 6.58 Å². The van der Waals surface area contributed by atoms with Crippen LogP contribution >= 0.6 is 27.5 Å². The Morgan fingerprint density at radius 2 is 2.15 bits per heavy atom. The van der Waals surface area contributed by atoms with E-state index in [1.165, 1.54) is 0 Å². The first kappa shape index (κ1) is 15.8. The summed E-state index contributed by atoms with van der Waals surface area (Å²) in [5, 5.41) is 14.0. The predicted molar refractivity (Wildman–Crippen MR) is 87.4 cm³/mol. The van der Waals surface area contributed by atoms with Crippen LogP contribution in [0.1, 0.15) is 24.9 Å². The molecule has 2 rings (SSSR count). The average Bonchev–Trinajstić information content (AvgIpc) is 2.41. The zero-order valence-corrected chi connectivity index (χ0v) is 14.0. The van der Waals surface area contributed by atoms with Crippen LogP contribution in [0.25, 0.3) is 0 Å². The smallest absolute Gasteiger partial charge is 0.139 e. The van der Waals surface area contributed by atoms with E-state index in [1.54, 1.807) is 6.07 Å². The molecule has 5 heteroatoms. The molecule has 0 bridgehead atoms. The molecule has 1 aliphatic rings. The lowest BCUT2D eigenvalue weighted by Crippen LogP contribution is -2.45. The minimum absolute atomic E-state index is 0.115. The second kappa shape index (κ2) is 6.94. The lowest BCUT2D eigenvalue weighted by molar-refractivity contribution is 0.170. The van der Waals surface area contributed by atoms with Gasteiger partial charge >= 0.3 is 0 Å². The number of hydrogen-bond donors (Lipinski definition) is 2. The Morgan fingerprint density at radius 1 is 1.50 bits per heavy atom. The van der Waals surface area contributed by atoms with E-state index in [4.69, 9.17) is 11.6 Å². The summed E-state index contributed by atoms with van der Waals surface area (Å²) in [5.74, 6) is 0.180. The van der Waals surface area contributed by atoms with Crippen molar-refractivity contribution in [1.29, 1.82) is 0 Å². The molecule has 1 heterocycles. The summed E-state index contributed by atoms with van der Waals surface area (Å²) in [6, 6.07) is 3.79. The van der Waals surface area contributed by atoms with Crippen LogP contribution in [0.5, 0.6) is 5.75 Å². The Bertz CT molecular complexity index is 501. The average molecular weight is 360 g/mol. The monoisotopic (exact) mass is 358 g/mol. The second-order valence-electron chi connectivity index (χ2n) is 5.29. The number of rotatable bonds is 4. The molecule has 1 aliphatic heterocycles. The molecule has 1 aromatic carbocycles. The third kappa shape index (κ3) is 3.76. The number of halogens is 2. The van der Waals surface area contributed by atoms with Crippen LogP contribution in [0, 0.1) is 0 Å². The fourth-order valence-corrected chi connectivity index (χ4v) is 3.43. The zero-order valence-electron chi connectivity index (χ0n) is 11.6. The molecule has 0 spiro atoms. The Labute approximate surface area is 133 Å². The molecule has 2 N–H and O–H groups in total. The van der Waals surface area contributed by atoms with Crippen LogP contribution in [0.3, 0.4) is 0 Å². The first-order valence-electron chi connectivity index (χ1n) is 6.76. The summed E-state index contributed by atoms with van der Waals surface area (Å²) in [4.78, 5) is 2.38. The third-order valence-corrected chi connectivity index (χ3v) is 4.30. The van der Waals surface area contributed by atoms with Crippen LogP contribution < -0.4 is 5.32 Å². The molecule has 0 unspecified atom stereocenters. The first-order chi connectivity index (χ1) is 9.49. The molecule has 0 aliphatic carbocycles. The van der Waals surface area contributed by atoms with Crippen molar-refractivity contribution in [3.05, 3.63) is 39.3 Å². The van der Waals surface area contributed by atoms with Gasteiger partial charge in [-0.25, -0.2) is 0 Å². The number of phenols is 1. The Hall–Kier alpha value is -0.550.